The van der Waals surface area contributed by atoms with E-state index in [4.69, 9.17) is 11.6 Å². The molecule has 1 amide bonds. The number of anilines is 3. The number of carbonyl (C=O) groups excluding carboxylic acids is 1. The number of nitrogens with one attached hydrogen (secondary N) is 1. The van der Waals surface area contributed by atoms with Crippen molar-refractivity contribution < 1.29 is 13.2 Å². The van der Waals surface area contributed by atoms with Crippen molar-refractivity contribution >= 4 is 44.7 Å². The maximum atomic E-state index is 13.0. The maximum absolute atomic E-state index is 13.0. The average molecular weight is 449 g/mol. The van der Waals surface area contributed by atoms with Crippen molar-refractivity contribution in [3.8, 4) is 0 Å². The number of hydrogen-bond acceptors (Lipinski definition) is 5. The number of sulfonamides is 1. The first kappa shape index (κ1) is 20.9. The summed E-state index contributed by atoms with van der Waals surface area (Å²) < 4.78 is 25.7. The molecule has 0 spiro atoms. The van der Waals surface area contributed by atoms with E-state index >= 15 is 0 Å². The molecule has 2 aromatic rings. The molecule has 0 bridgehead atoms. The molecule has 2 aliphatic rings. The van der Waals surface area contributed by atoms with Crippen LogP contribution in [-0.4, -0.2) is 44.7 Å². The van der Waals surface area contributed by atoms with E-state index in [1.807, 2.05) is 12.1 Å². The van der Waals surface area contributed by atoms with Gasteiger partial charge in [-0.05, 0) is 62.4 Å². The van der Waals surface area contributed by atoms with Crippen molar-refractivity contribution in [2.45, 2.75) is 32.6 Å². The number of rotatable bonds is 4. The molecule has 2 aliphatic heterocycles. The Hall–Kier alpha value is -2.32. The molecular formula is C21H25ClN4O3S. The predicted octanol–water partition coefficient (Wildman–Crippen LogP) is 3.83. The van der Waals surface area contributed by atoms with Gasteiger partial charge in [0.2, 0.25) is 10.0 Å². The first-order valence-corrected chi connectivity index (χ1v) is 12.2. The summed E-state index contributed by atoms with van der Waals surface area (Å²) in [5.41, 5.74) is 2.67. The highest BCUT2D eigenvalue weighted by Crippen LogP contribution is 2.29. The molecular weight excluding hydrogens is 424 g/mol. The summed E-state index contributed by atoms with van der Waals surface area (Å²) in [6.07, 6.45) is 5.62. The summed E-state index contributed by atoms with van der Waals surface area (Å²) in [5.74, 6) is 0.0641. The van der Waals surface area contributed by atoms with Crippen molar-refractivity contribution in [1.82, 2.24) is 4.98 Å². The Morgan fingerprint density at radius 3 is 2.53 bits per heavy atom. The van der Waals surface area contributed by atoms with Crippen molar-refractivity contribution in [1.29, 1.82) is 0 Å². The van der Waals surface area contributed by atoms with Crippen LogP contribution in [0.25, 0.3) is 0 Å². The third-order valence-electron chi connectivity index (χ3n) is 5.55. The zero-order chi connectivity index (χ0) is 21.3. The van der Waals surface area contributed by atoms with Crippen molar-refractivity contribution in [3.05, 3.63) is 46.6 Å². The summed E-state index contributed by atoms with van der Waals surface area (Å²) in [5, 5.41) is 3.47. The maximum Gasteiger partial charge on any atom is 0.256 e. The van der Waals surface area contributed by atoms with Crippen molar-refractivity contribution in [2.75, 3.05) is 39.9 Å². The molecule has 7 nitrogen and oxygen atoms in total. The summed E-state index contributed by atoms with van der Waals surface area (Å²) >= 11 is 6.31. The van der Waals surface area contributed by atoms with Gasteiger partial charge in [-0.2, -0.15) is 0 Å². The second kappa shape index (κ2) is 8.43. The minimum absolute atomic E-state index is 0.103. The molecule has 1 N–H and O–H groups in total. The normalized spacial score (nSPS) is 18.5. The first-order chi connectivity index (χ1) is 14.3. The van der Waals surface area contributed by atoms with Crippen LogP contribution < -0.4 is 14.5 Å². The van der Waals surface area contributed by atoms with E-state index in [-0.39, 0.29) is 17.5 Å². The van der Waals surface area contributed by atoms with Gasteiger partial charge in [-0.25, -0.2) is 13.4 Å². The number of aryl methyl sites for hydroxylation is 1. The van der Waals surface area contributed by atoms with E-state index in [0.29, 0.717) is 34.8 Å². The molecule has 1 aromatic carbocycles. The van der Waals surface area contributed by atoms with Crippen molar-refractivity contribution in [2.24, 2.45) is 0 Å². The van der Waals surface area contributed by atoms with E-state index < -0.39 is 10.0 Å². The predicted molar refractivity (Wildman–Crippen MR) is 120 cm³/mol. The molecule has 0 radical (unpaired) electrons. The molecule has 0 atom stereocenters. The van der Waals surface area contributed by atoms with Gasteiger partial charge in [0.15, 0.2) is 0 Å². The third-order valence-corrected chi connectivity index (χ3v) is 7.61. The summed E-state index contributed by atoms with van der Waals surface area (Å²) in [7, 11) is -3.36. The van der Waals surface area contributed by atoms with Gasteiger partial charge in [0.25, 0.3) is 5.91 Å². The van der Waals surface area contributed by atoms with E-state index in [1.165, 1.54) is 16.9 Å². The molecule has 0 unspecified atom stereocenters. The third kappa shape index (κ3) is 4.39. The molecule has 2 fully saturated rings. The molecule has 30 heavy (non-hydrogen) atoms. The van der Waals surface area contributed by atoms with Gasteiger partial charge >= 0.3 is 0 Å². The standard InChI is InChI=1S/C21H25ClN4O3S/c1-15-14-23-20(26-8-5-9-30(26,28)29)13-19(15)21(27)24-17-10-16(22)11-18(12-17)25-6-3-2-4-7-25/h10-14H,2-9H2,1H3,(H,24,27). The molecule has 0 aliphatic carbocycles. The number of amides is 1. The number of carbonyl (C=O) groups is 1. The zero-order valence-electron chi connectivity index (χ0n) is 16.9. The van der Waals surface area contributed by atoms with Gasteiger partial charge in [0.05, 0.1) is 5.75 Å². The van der Waals surface area contributed by atoms with Crippen LogP contribution in [-0.2, 0) is 10.0 Å². The van der Waals surface area contributed by atoms with Crippen LogP contribution in [0.5, 0.6) is 0 Å². The number of aromatic nitrogens is 1. The largest absolute Gasteiger partial charge is 0.371 e. The smallest absolute Gasteiger partial charge is 0.256 e. The second-order valence-electron chi connectivity index (χ2n) is 7.80. The summed E-state index contributed by atoms with van der Waals surface area (Å²) in [6.45, 7) is 4.12. The zero-order valence-corrected chi connectivity index (χ0v) is 18.5. The van der Waals surface area contributed by atoms with E-state index in [1.54, 1.807) is 19.1 Å². The lowest BCUT2D eigenvalue weighted by Crippen LogP contribution is -2.29. The average Bonchev–Trinajstić information content (AvgIpc) is 3.07. The van der Waals surface area contributed by atoms with Crippen LogP contribution in [0.2, 0.25) is 5.02 Å². The molecule has 160 valence electrons. The van der Waals surface area contributed by atoms with Gasteiger partial charge < -0.3 is 10.2 Å². The quantitative estimate of drug-likeness (QED) is 0.768. The number of benzene rings is 1. The van der Waals surface area contributed by atoms with Gasteiger partial charge in [-0.15, -0.1) is 0 Å². The molecule has 4 rings (SSSR count). The summed E-state index contributed by atoms with van der Waals surface area (Å²) in [6, 6.07) is 7.10. The van der Waals surface area contributed by atoms with Crippen molar-refractivity contribution in [3.63, 3.8) is 0 Å². The Balaban J connectivity index is 1.58. The lowest BCUT2D eigenvalue weighted by atomic mass is 10.1. The number of piperidine rings is 1. The second-order valence-corrected chi connectivity index (χ2v) is 10.2. The van der Waals surface area contributed by atoms with Crippen LogP contribution in [0.15, 0.2) is 30.5 Å². The number of nitrogens with zero attached hydrogens (tertiary/aromatic N) is 3. The number of hydrogen-bond donors (Lipinski definition) is 1. The molecule has 9 heteroatoms. The van der Waals surface area contributed by atoms with E-state index in [2.05, 4.69) is 15.2 Å². The van der Waals surface area contributed by atoms with Gasteiger partial charge in [-0.3, -0.25) is 9.10 Å². The Kier molecular flexibility index (Phi) is 5.88. The van der Waals surface area contributed by atoms with E-state index in [0.717, 1.165) is 31.6 Å². The topological polar surface area (TPSA) is 82.6 Å². The minimum Gasteiger partial charge on any atom is -0.371 e. The minimum atomic E-state index is -3.36. The molecule has 3 heterocycles. The fraction of sp³-hybridized carbons (Fsp3) is 0.429. The van der Waals surface area contributed by atoms with Crippen LogP contribution in [0, 0.1) is 6.92 Å². The number of pyridine rings is 1. The van der Waals surface area contributed by atoms with Gasteiger partial charge in [-0.1, -0.05) is 11.6 Å². The first-order valence-electron chi connectivity index (χ1n) is 10.2. The Labute approximate surface area is 182 Å². The highest BCUT2D eigenvalue weighted by Gasteiger charge is 2.30. The van der Waals surface area contributed by atoms with Crippen LogP contribution in [0.1, 0.15) is 41.6 Å². The fourth-order valence-corrected chi connectivity index (χ4v) is 5.71. The molecule has 1 aromatic heterocycles. The van der Waals surface area contributed by atoms with Crippen LogP contribution in [0.3, 0.4) is 0 Å². The van der Waals surface area contributed by atoms with Crippen LogP contribution >= 0.6 is 11.6 Å². The lowest BCUT2D eigenvalue weighted by Gasteiger charge is -2.29. The molecule has 0 saturated carbocycles. The lowest BCUT2D eigenvalue weighted by molar-refractivity contribution is 0.102. The van der Waals surface area contributed by atoms with Gasteiger partial charge in [0, 0.05) is 47.8 Å². The van der Waals surface area contributed by atoms with E-state index in [9.17, 15) is 13.2 Å². The Morgan fingerprint density at radius 1 is 1.07 bits per heavy atom. The fourth-order valence-electron chi connectivity index (χ4n) is 3.97. The monoisotopic (exact) mass is 448 g/mol. The van der Waals surface area contributed by atoms with Gasteiger partial charge in [0.1, 0.15) is 5.82 Å². The highest BCUT2D eigenvalue weighted by molar-refractivity contribution is 7.93. The number of halogens is 1. The summed E-state index contributed by atoms with van der Waals surface area (Å²) in [4.78, 5) is 19.5. The Morgan fingerprint density at radius 2 is 1.83 bits per heavy atom. The highest BCUT2D eigenvalue weighted by atomic mass is 35.5. The Bertz CT molecular complexity index is 1070. The SMILES string of the molecule is Cc1cnc(N2CCCS2(=O)=O)cc1C(=O)Nc1cc(Cl)cc(N2CCCCC2)c1. The van der Waals surface area contributed by atoms with Crippen LogP contribution in [0.4, 0.5) is 17.2 Å². The molecule has 2 saturated heterocycles.